The second-order valence-corrected chi connectivity index (χ2v) is 9.89. The van der Waals surface area contributed by atoms with Gasteiger partial charge in [-0.1, -0.05) is 36.8 Å². The van der Waals surface area contributed by atoms with Gasteiger partial charge in [-0.05, 0) is 50.9 Å². The maximum atomic E-state index is 13.7. The van der Waals surface area contributed by atoms with E-state index in [2.05, 4.69) is 17.1 Å². The van der Waals surface area contributed by atoms with E-state index in [1.807, 2.05) is 31.2 Å². The van der Waals surface area contributed by atoms with Crippen molar-refractivity contribution in [2.24, 2.45) is 10.9 Å². The molecule has 0 saturated carbocycles. The quantitative estimate of drug-likeness (QED) is 0.701. The number of likely N-dealkylation sites (tertiary alicyclic amines) is 1. The van der Waals surface area contributed by atoms with Crippen LogP contribution in [0.5, 0.6) is 5.75 Å². The third kappa shape index (κ3) is 3.73. The molecular formula is C29H29N3O3. The largest absolute Gasteiger partial charge is 0.453 e. The number of rotatable bonds is 4. The molecule has 1 unspecified atom stereocenters. The fourth-order valence-electron chi connectivity index (χ4n) is 5.64. The molecule has 2 aromatic carbocycles. The molecule has 1 fully saturated rings. The molecule has 6 rings (SSSR count). The van der Waals surface area contributed by atoms with Crippen LogP contribution in [0.3, 0.4) is 0 Å². The second-order valence-electron chi connectivity index (χ2n) is 9.89. The number of fused-ring (bicyclic) bond motifs is 5. The van der Waals surface area contributed by atoms with Crippen molar-refractivity contribution in [2.45, 2.75) is 39.2 Å². The van der Waals surface area contributed by atoms with Crippen LogP contribution in [-0.4, -0.2) is 47.9 Å². The van der Waals surface area contributed by atoms with Gasteiger partial charge in [0.05, 0.1) is 11.6 Å². The Bertz CT molecular complexity index is 1340. The van der Waals surface area contributed by atoms with E-state index in [4.69, 9.17) is 9.73 Å². The van der Waals surface area contributed by atoms with Gasteiger partial charge in [-0.2, -0.15) is 0 Å². The number of carbonyl (C=O) groups is 2. The van der Waals surface area contributed by atoms with Gasteiger partial charge < -0.3 is 10.1 Å². The highest BCUT2D eigenvalue weighted by molar-refractivity contribution is 6.33. The van der Waals surface area contributed by atoms with E-state index >= 15 is 0 Å². The topological polar surface area (TPSA) is 71.0 Å². The summed E-state index contributed by atoms with van der Waals surface area (Å²) in [6, 6.07) is 13.5. The zero-order valence-corrected chi connectivity index (χ0v) is 20.1. The Hall–Kier alpha value is -3.51. The predicted molar refractivity (Wildman–Crippen MR) is 135 cm³/mol. The van der Waals surface area contributed by atoms with Crippen molar-refractivity contribution < 1.29 is 14.3 Å². The Kier molecular flexibility index (Phi) is 5.41. The van der Waals surface area contributed by atoms with Crippen LogP contribution in [-0.2, 0) is 0 Å². The minimum Gasteiger partial charge on any atom is -0.453 e. The molecule has 2 atom stereocenters. The molecular weight excluding hydrogens is 438 g/mol. The normalized spacial score (nSPS) is 23.4. The molecule has 0 aromatic heterocycles. The molecule has 4 aliphatic rings. The van der Waals surface area contributed by atoms with Crippen molar-refractivity contribution in [3.05, 3.63) is 82.3 Å². The van der Waals surface area contributed by atoms with Crippen LogP contribution < -0.4 is 10.1 Å². The van der Waals surface area contributed by atoms with E-state index < -0.39 is 5.92 Å². The molecule has 178 valence electrons. The lowest BCUT2D eigenvalue weighted by molar-refractivity contribution is 0.0908. The fraction of sp³-hybridized carbons (Fsp3) is 0.345. The van der Waals surface area contributed by atoms with Crippen molar-refractivity contribution in [1.29, 1.82) is 0 Å². The van der Waals surface area contributed by atoms with Crippen molar-refractivity contribution >= 4 is 23.0 Å². The average molecular weight is 468 g/mol. The summed E-state index contributed by atoms with van der Waals surface area (Å²) in [6.45, 7) is 6.95. The van der Waals surface area contributed by atoms with Gasteiger partial charge in [-0.15, -0.1) is 0 Å². The molecule has 1 saturated heterocycles. The summed E-state index contributed by atoms with van der Waals surface area (Å²) in [7, 11) is 0. The number of carbonyl (C=O) groups excluding carboxylic acids is 2. The van der Waals surface area contributed by atoms with E-state index in [0.29, 0.717) is 57.9 Å². The SMILES string of the molecule is Cc1ccc2c(c1)OC1=CC(NCCN3CCCC[C@@H]3C)=C3C(=O)c4ccccc4C(=O)C3C1=N2. The van der Waals surface area contributed by atoms with Crippen molar-refractivity contribution in [3.63, 3.8) is 0 Å². The minimum atomic E-state index is -0.775. The van der Waals surface area contributed by atoms with Crippen LogP contribution in [0.15, 0.2) is 70.6 Å². The monoisotopic (exact) mass is 467 g/mol. The van der Waals surface area contributed by atoms with Crippen molar-refractivity contribution in [3.8, 4) is 5.75 Å². The number of nitrogens with one attached hydrogen (secondary N) is 1. The highest BCUT2D eigenvalue weighted by Crippen LogP contribution is 2.43. The standard InChI is InChI=1S/C29H29N3O3/c1-17-10-11-21-23(15-17)35-24-16-22(30-12-14-32-13-6-5-7-18(32)2)25-26(27(24)31-21)29(34)20-9-4-3-8-19(20)28(25)33/h3-4,8-11,15-16,18,26,30H,5-7,12-14H2,1-2H3/t18-,26?/m0/s1. The molecule has 0 radical (unpaired) electrons. The number of hydrogen-bond donors (Lipinski definition) is 1. The van der Waals surface area contributed by atoms with Crippen LogP contribution in [0.4, 0.5) is 5.69 Å². The number of aryl methyl sites for hydroxylation is 1. The number of hydrogen-bond acceptors (Lipinski definition) is 6. The maximum Gasteiger partial charge on any atom is 0.192 e. The molecule has 2 aliphatic heterocycles. The minimum absolute atomic E-state index is 0.109. The van der Waals surface area contributed by atoms with Gasteiger partial charge in [-0.3, -0.25) is 14.5 Å². The smallest absolute Gasteiger partial charge is 0.192 e. The highest BCUT2D eigenvalue weighted by atomic mass is 16.5. The highest BCUT2D eigenvalue weighted by Gasteiger charge is 2.46. The molecule has 6 nitrogen and oxygen atoms in total. The lowest BCUT2D eigenvalue weighted by atomic mass is 9.72. The Morgan fingerprint density at radius 1 is 1.11 bits per heavy atom. The lowest BCUT2D eigenvalue weighted by Gasteiger charge is -2.35. The van der Waals surface area contributed by atoms with Crippen LogP contribution in [0.25, 0.3) is 0 Å². The summed E-state index contributed by atoms with van der Waals surface area (Å²) in [6.07, 6.45) is 5.58. The lowest BCUT2D eigenvalue weighted by Crippen LogP contribution is -2.44. The van der Waals surface area contributed by atoms with Crippen LogP contribution in [0, 0.1) is 12.8 Å². The van der Waals surface area contributed by atoms with E-state index in [1.165, 1.54) is 19.3 Å². The van der Waals surface area contributed by atoms with Gasteiger partial charge in [0.2, 0.25) is 0 Å². The number of allylic oxidation sites excluding steroid dienone is 3. The Balaban J connectivity index is 1.40. The summed E-state index contributed by atoms with van der Waals surface area (Å²) >= 11 is 0. The summed E-state index contributed by atoms with van der Waals surface area (Å²) in [4.78, 5) is 34.8. The van der Waals surface area contributed by atoms with Gasteiger partial charge >= 0.3 is 0 Å². The number of ether oxygens (including phenoxy) is 1. The molecule has 0 amide bonds. The van der Waals surface area contributed by atoms with E-state index in [9.17, 15) is 9.59 Å². The molecule has 2 heterocycles. The first-order chi connectivity index (χ1) is 17.0. The van der Waals surface area contributed by atoms with E-state index in [1.54, 1.807) is 24.3 Å². The first-order valence-corrected chi connectivity index (χ1v) is 12.5. The molecule has 0 spiro atoms. The zero-order chi connectivity index (χ0) is 24.1. The van der Waals surface area contributed by atoms with Gasteiger partial charge in [0.25, 0.3) is 0 Å². The summed E-state index contributed by atoms with van der Waals surface area (Å²) in [5, 5.41) is 3.49. The third-order valence-electron chi connectivity index (χ3n) is 7.56. The van der Waals surface area contributed by atoms with Gasteiger partial charge in [-0.25, -0.2) is 4.99 Å². The van der Waals surface area contributed by atoms with Gasteiger partial charge in [0.1, 0.15) is 5.69 Å². The summed E-state index contributed by atoms with van der Waals surface area (Å²) < 4.78 is 6.26. The molecule has 1 N–H and O–H groups in total. The van der Waals surface area contributed by atoms with Crippen molar-refractivity contribution in [2.75, 3.05) is 19.6 Å². The predicted octanol–water partition coefficient (Wildman–Crippen LogP) is 4.77. The fourth-order valence-corrected chi connectivity index (χ4v) is 5.64. The molecule has 0 bridgehead atoms. The zero-order valence-electron chi connectivity index (χ0n) is 20.1. The van der Waals surface area contributed by atoms with Crippen molar-refractivity contribution in [1.82, 2.24) is 10.2 Å². The number of aliphatic imine (C=N–C) groups is 1. The van der Waals surface area contributed by atoms with Crippen LogP contribution >= 0.6 is 0 Å². The molecule has 35 heavy (non-hydrogen) atoms. The molecule has 6 heteroatoms. The average Bonchev–Trinajstić information content (AvgIpc) is 2.86. The Morgan fingerprint density at radius 3 is 2.77 bits per heavy atom. The Morgan fingerprint density at radius 2 is 1.94 bits per heavy atom. The number of piperidine rings is 1. The van der Waals surface area contributed by atoms with E-state index in [0.717, 1.165) is 18.7 Å². The first-order valence-electron chi connectivity index (χ1n) is 12.5. The maximum absolute atomic E-state index is 13.7. The third-order valence-corrected chi connectivity index (χ3v) is 7.56. The van der Waals surface area contributed by atoms with Gasteiger partial charge in [0, 0.05) is 47.6 Å². The second kappa shape index (κ2) is 8.61. The van der Waals surface area contributed by atoms with Crippen LogP contribution in [0.1, 0.15) is 52.5 Å². The number of benzene rings is 2. The molecule has 2 aliphatic carbocycles. The van der Waals surface area contributed by atoms with E-state index in [-0.39, 0.29) is 11.6 Å². The number of nitrogens with zero attached hydrogens (tertiary/aromatic N) is 2. The first kappa shape index (κ1) is 22.0. The Labute approximate surface area is 205 Å². The van der Waals surface area contributed by atoms with Crippen LogP contribution in [0.2, 0.25) is 0 Å². The number of ketones is 2. The summed E-state index contributed by atoms with van der Waals surface area (Å²) in [5.74, 6) is 0.198. The van der Waals surface area contributed by atoms with Gasteiger partial charge in [0.15, 0.2) is 23.1 Å². The molecule has 2 aromatic rings. The summed E-state index contributed by atoms with van der Waals surface area (Å²) in [5.41, 5.74) is 4.31. The number of Topliss-reactive ketones (excluding diaryl/α,β-unsaturated/α-hetero) is 2.